The fourth-order valence-electron chi connectivity index (χ4n) is 0.984. The van der Waals surface area contributed by atoms with Crippen LogP contribution in [0, 0.1) is 6.08 Å². The van der Waals surface area contributed by atoms with Crippen molar-refractivity contribution in [3.05, 3.63) is 85.1 Å². The molecule has 0 fully saturated rings. The van der Waals surface area contributed by atoms with Gasteiger partial charge in [-0.1, -0.05) is 79.0 Å². The highest BCUT2D eigenvalue weighted by Gasteiger charge is 1.70. The van der Waals surface area contributed by atoms with Crippen LogP contribution in [-0.4, -0.2) is 0 Å². The van der Waals surface area contributed by atoms with Crippen molar-refractivity contribution in [3.8, 4) is 0 Å². The average Bonchev–Trinajstić information content (AvgIpc) is 2.27. The van der Waals surface area contributed by atoms with Crippen molar-refractivity contribution in [2.75, 3.05) is 0 Å². The van der Waals surface area contributed by atoms with Crippen LogP contribution < -0.4 is 0 Å². The summed E-state index contributed by atoms with van der Waals surface area (Å²) in [5.74, 6) is 0. The van der Waals surface area contributed by atoms with E-state index < -0.39 is 0 Å². The minimum Gasteiger partial charge on any atom is -0.0801 e. The van der Waals surface area contributed by atoms with Gasteiger partial charge in [-0.25, -0.2) is 0 Å². The molecule has 0 amide bonds. The molecule has 1 radical (unpaired) electrons. The largest absolute Gasteiger partial charge is 0.0801 e. The van der Waals surface area contributed by atoms with Crippen LogP contribution >= 0.6 is 0 Å². The fraction of sp³-hybridized carbons (Fsp3) is 0.0667. The highest BCUT2D eigenvalue weighted by molar-refractivity contribution is 5.20. The highest BCUT2D eigenvalue weighted by atomic mass is 13.8. The lowest BCUT2D eigenvalue weighted by Crippen LogP contribution is -1.58. The summed E-state index contributed by atoms with van der Waals surface area (Å²) in [4.78, 5) is 0. The van der Waals surface area contributed by atoms with Crippen molar-refractivity contribution in [1.82, 2.24) is 0 Å². The third-order valence-corrected chi connectivity index (χ3v) is 1.70. The molecule has 0 saturated heterocycles. The van der Waals surface area contributed by atoms with Crippen LogP contribution in [0.5, 0.6) is 0 Å². The molecule has 0 N–H and O–H groups in total. The van der Waals surface area contributed by atoms with Crippen LogP contribution in [0.15, 0.2) is 79.0 Å². The Morgan fingerprint density at radius 2 is 1.00 bits per heavy atom. The van der Waals surface area contributed by atoms with E-state index in [0.717, 1.165) is 6.42 Å². The molecule has 0 bridgehead atoms. The minimum absolute atomic E-state index is 0.848. The van der Waals surface area contributed by atoms with Gasteiger partial charge in [0, 0.05) is 0 Å². The molecule has 0 aliphatic heterocycles. The van der Waals surface area contributed by atoms with Crippen LogP contribution in [0.25, 0.3) is 0 Å². The highest BCUT2D eigenvalue weighted by Crippen LogP contribution is 1.90. The van der Waals surface area contributed by atoms with E-state index in [4.69, 9.17) is 0 Å². The van der Waals surface area contributed by atoms with Crippen LogP contribution in [0.1, 0.15) is 6.42 Å². The van der Waals surface area contributed by atoms with Crippen molar-refractivity contribution < 1.29 is 0 Å². The van der Waals surface area contributed by atoms with E-state index in [1.807, 2.05) is 72.9 Å². The molecule has 0 nitrogen and oxygen atoms in total. The van der Waals surface area contributed by atoms with Gasteiger partial charge in [-0.2, -0.15) is 0 Å². The fourth-order valence-corrected chi connectivity index (χ4v) is 0.984. The first kappa shape index (κ1) is 11.3. The van der Waals surface area contributed by atoms with Gasteiger partial charge in [0.05, 0.1) is 0 Å². The summed E-state index contributed by atoms with van der Waals surface area (Å²) >= 11 is 0. The Kier molecular flexibility index (Phi) is 6.58. The Balaban J connectivity index is 2.62. The first-order valence-electron chi connectivity index (χ1n) is 5.05. The molecular weight excluding hydrogens is 180 g/mol. The average molecular weight is 195 g/mol. The summed E-state index contributed by atoms with van der Waals surface area (Å²) in [5.41, 5.74) is 0. The van der Waals surface area contributed by atoms with E-state index in [2.05, 4.69) is 12.2 Å². The van der Waals surface area contributed by atoms with E-state index in [1.165, 1.54) is 0 Å². The van der Waals surface area contributed by atoms with Crippen LogP contribution in [-0.2, 0) is 0 Å². The first-order valence-corrected chi connectivity index (χ1v) is 5.05. The van der Waals surface area contributed by atoms with Gasteiger partial charge in [0.25, 0.3) is 0 Å². The second kappa shape index (κ2) is 8.76. The maximum atomic E-state index is 3.15. The van der Waals surface area contributed by atoms with Gasteiger partial charge in [-0.05, 0) is 12.5 Å². The zero-order valence-corrected chi connectivity index (χ0v) is 8.71. The van der Waals surface area contributed by atoms with Crippen LogP contribution in [0.2, 0.25) is 0 Å². The molecule has 0 heterocycles. The van der Waals surface area contributed by atoms with Gasteiger partial charge in [-0.15, -0.1) is 0 Å². The molecule has 1 rings (SSSR count). The molecule has 75 valence electrons. The van der Waals surface area contributed by atoms with Crippen LogP contribution in [0.4, 0.5) is 0 Å². The molecule has 1 aliphatic rings. The molecule has 0 saturated carbocycles. The standard InChI is InChI=1S/C15H15/c1-2-4-6-8-10-12-14-15-13-11-9-7-5-3-1/h1-13H,14H2/b3-1-,4-2+,7-5+,8-6+,11-9+,12-10-,15-13?. The molecular formula is C15H15. The molecule has 0 atom stereocenters. The third kappa shape index (κ3) is 7.27. The quantitative estimate of drug-likeness (QED) is 0.546. The SMILES string of the molecule is [C]1=C/C=C/C=C/C=C\C=C\C=C\C=C/C\1. The summed E-state index contributed by atoms with van der Waals surface area (Å²) in [5, 5.41) is 0. The van der Waals surface area contributed by atoms with Gasteiger partial charge in [0.2, 0.25) is 0 Å². The minimum atomic E-state index is 0.848. The smallest absolute Gasteiger partial charge is 0.00915 e. The lowest BCUT2D eigenvalue weighted by atomic mass is 10.3. The number of hydrogen-bond donors (Lipinski definition) is 0. The van der Waals surface area contributed by atoms with Crippen molar-refractivity contribution in [1.29, 1.82) is 0 Å². The van der Waals surface area contributed by atoms with Gasteiger partial charge in [0.15, 0.2) is 0 Å². The van der Waals surface area contributed by atoms with E-state index in [1.54, 1.807) is 0 Å². The summed E-state index contributed by atoms with van der Waals surface area (Å²) in [6.07, 6.45) is 30.0. The van der Waals surface area contributed by atoms with Gasteiger partial charge >= 0.3 is 0 Å². The van der Waals surface area contributed by atoms with Gasteiger partial charge < -0.3 is 0 Å². The lowest BCUT2D eigenvalue weighted by Gasteiger charge is -1.77. The predicted octanol–water partition coefficient (Wildman–Crippen LogP) is 4.09. The molecule has 0 aromatic heterocycles. The molecule has 0 heteroatoms. The summed E-state index contributed by atoms with van der Waals surface area (Å²) < 4.78 is 0. The summed E-state index contributed by atoms with van der Waals surface area (Å²) in [6.45, 7) is 0. The molecule has 0 aromatic carbocycles. The van der Waals surface area contributed by atoms with Crippen molar-refractivity contribution >= 4 is 0 Å². The first-order chi connectivity index (χ1) is 7.50. The lowest BCUT2D eigenvalue weighted by molar-refractivity contribution is 1.34. The van der Waals surface area contributed by atoms with E-state index in [-0.39, 0.29) is 0 Å². The van der Waals surface area contributed by atoms with Crippen molar-refractivity contribution in [2.24, 2.45) is 0 Å². The Hall–Kier alpha value is -1.82. The van der Waals surface area contributed by atoms with Gasteiger partial charge in [0.1, 0.15) is 0 Å². The second-order valence-corrected chi connectivity index (χ2v) is 2.93. The Morgan fingerprint density at radius 3 is 1.60 bits per heavy atom. The summed E-state index contributed by atoms with van der Waals surface area (Å²) in [7, 11) is 0. The number of rotatable bonds is 0. The summed E-state index contributed by atoms with van der Waals surface area (Å²) in [6, 6.07) is 0. The number of hydrogen-bond acceptors (Lipinski definition) is 0. The molecule has 1 aliphatic carbocycles. The number of allylic oxidation sites excluding steroid dienone is 14. The topological polar surface area (TPSA) is 0 Å². The normalized spacial score (nSPS) is 31.5. The maximum absolute atomic E-state index is 3.15. The van der Waals surface area contributed by atoms with Gasteiger partial charge in [-0.3, -0.25) is 0 Å². The maximum Gasteiger partial charge on any atom is -0.00915 e. The van der Waals surface area contributed by atoms with E-state index in [9.17, 15) is 0 Å². The Bertz CT molecular complexity index is 310. The molecule has 0 spiro atoms. The van der Waals surface area contributed by atoms with Crippen LogP contribution in [0.3, 0.4) is 0 Å². The van der Waals surface area contributed by atoms with E-state index >= 15 is 0 Å². The Morgan fingerprint density at radius 1 is 0.533 bits per heavy atom. The van der Waals surface area contributed by atoms with Crippen molar-refractivity contribution in [2.45, 2.75) is 6.42 Å². The molecule has 15 heavy (non-hydrogen) atoms. The third-order valence-electron chi connectivity index (χ3n) is 1.70. The Labute approximate surface area is 92.0 Å². The molecule has 0 unspecified atom stereocenters. The monoisotopic (exact) mass is 195 g/mol. The zero-order valence-electron chi connectivity index (χ0n) is 8.71. The predicted molar refractivity (Wildman–Crippen MR) is 67.3 cm³/mol. The van der Waals surface area contributed by atoms with E-state index in [0.29, 0.717) is 0 Å². The zero-order chi connectivity index (χ0) is 10.6. The van der Waals surface area contributed by atoms with Crippen molar-refractivity contribution in [3.63, 3.8) is 0 Å². The molecule has 0 aromatic rings. The second-order valence-electron chi connectivity index (χ2n) is 2.93.